The maximum atomic E-state index is 12.5. The van der Waals surface area contributed by atoms with Gasteiger partial charge < -0.3 is 10.1 Å². The van der Waals surface area contributed by atoms with Crippen LogP contribution in [-0.4, -0.2) is 33.0 Å². The molecule has 2 aromatic heterocycles. The van der Waals surface area contributed by atoms with Crippen molar-refractivity contribution in [1.82, 2.24) is 20.3 Å². The number of hydrogen-bond acceptors (Lipinski definition) is 6. The number of benzene rings is 1. The van der Waals surface area contributed by atoms with Crippen LogP contribution in [0.5, 0.6) is 6.01 Å². The molecule has 2 heterocycles. The molecule has 1 saturated carbocycles. The highest BCUT2D eigenvalue weighted by Gasteiger charge is 2.25. The van der Waals surface area contributed by atoms with Crippen molar-refractivity contribution in [2.75, 3.05) is 0 Å². The highest BCUT2D eigenvalue weighted by atomic mass is 35.5. The molecule has 0 saturated heterocycles. The van der Waals surface area contributed by atoms with Gasteiger partial charge in [-0.15, -0.1) is 11.3 Å². The molecule has 0 unspecified atom stereocenters. The molecule has 1 N–H and O–H groups in total. The molecular weight excluding hydrogens is 396 g/mol. The van der Waals surface area contributed by atoms with Gasteiger partial charge in [0.05, 0.1) is 17.4 Å². The molecular formula is C20H19ClN4O2S. The van der Waals surface area contributed by atoms with Crippen LogP contribution in [-0.2, 0) is 0 Å². The number of nitrogens with zero attached hydrogens (tertiary/aromatic N) is 3. The number of halogens is 1. The fourth-order valence-corrected chi connectivity index (χ4v) is 4.09. The van der Waals surface area contributed by atoms with E-state index in [0.717, 1.165) is 36.3 Å². The average Bonchev–Trinajstić information content (AvgIpc) is 3.22. The lowest BCUT2D eigenvalue weighted by atomic mass is 9.93. The monoisotopic (exact) mass is 414 g/mol. The van der Waals surface area contributed by atoms with E-state index in [4.69, 9.17) is 16.3 Å². The molecule has 8 heteroatoms. The number of thiazole rings is 1. The van der Waals surface area contributed by atoms with E-state index < -0.39 is 0 Å². The molecule has 3 aromatic rings. The Morgan fingerprint density at radius 2 is 1.82 bits per heavy atom. The van der Waals surface area contributed by atoms with E-state index in [1.54, 1.807) is 0 Å². The number of aromatic nitrogens is 3. The molecule has 28 heavy (non-hydrogen) atoms. The van der Waals surface area contributed by atoms with Crippen LogP contribution in [0.4, 0.5) is 0 Å². The molecule has 0 bridgehead atoms. The molecule has 0 atom stereocenters. The lowest BCUT2D eigenvalue weighted by molar-refractivity contribution is 0.0881. The van der Waals surface area contributed by atoms with E-state index in [1.807, 2.05) is 35.7 Å². The Labute approximate surface area is 172 Å². The lowest BCUT2D eigenvalue weighted by Crippen LogP contribution is -2.39. The second kappa shape index (κ2) is 8.67. The van der Waals surface area contributed by atoms with Gasteiger partial charge in [-0.3, -0.25) is 4.79 Å². The Bertz CT molecular complexity index is 925. The summed E-state index contributed by atoms with van der Waals surface area (Å²) in [6.07, 6.45) is 6.46. The largest absolute Gasteiger partial charge is 0.460 e. The molecule has 0 spiro atoms. The van der Waals surface area contributed by atoms with Crippen LogP contribution in [0.15, 0.2) is 48.1 Å². The number of ether oxygens (including phenoxy) is 1. The highest BCUT2D eigenvalue weighted by molar-refractivity contribution is 7.13. The van der Waals surface area contributed by atoms with Gasteiger partial charge in [-0.1, -0.05) is 41.9 Å². The van der Waals surface area contributed by atoms with Gasteiger partial charge in [0.15, 0.2) is 0 Å². The maximum absolute atomic E-state index is 12.5. The van der Waals surface area contributed by atoms with E-state index >= 15 is 0 Å². The molecule has 0 aliphatic heterocycles. The molecule has 1 aliphatic rings. The van der Waals surface area contributed by atoms with Crippen molar-refractivity contribution in [3.8, 4) is 16.6 Å². The van der Waals surface area contributed by atoms with Crippen molar-refractivity contribution >= 4 is 28.8 Å². The Kier molecular flexibility index (Phi) is 5.83. The predicted octanol–water partition coefficient (Wildman–Crippen LogP) is 4.37. The number of hydrogen-bond donors (Lipinski definition) is 1. The van der Waals surface area contributed by atoms with Gasteiger partial charge in [-0.2, -0.15) is 0 Å². The van der Waals surface area contributed by atoms with Crippen molar-refractivity contribution in [1.29, 1.82) is 0 Å². The quantitative estimate of drug-likeness (QED) is 0.670. The first-order valence-electron chi connectivity index (χ1n) is 9.13. The number of amides is 1. The summed E-state index contributed by atoms with van der Waals surface area (Å²) < 4.78 is 5.80. The van der Waals surface area contributed by atoms with Gasteiger partial charge in [0.1, 0.15) is 16.8 Å². The smallest absolute Gasteiger partial charge is 0.316 e. The topological polar surface area (TPSA) is 77.0 Å². The van der Waals surface area contributed by atoms with Crippen LogP contribution in [0.25, 0.3) is 10.6 Å². The van der Waals surface area contributed by atoms with Gasteiger partial charge >= 0.3 is 6.01 Å². The van der Waals surface area contributed by atoms with Crippen LogP contribution in [0.3, 0.4) is 0 Å². The summed E-state index contributed by atoms with van der Waals surface area (Å²) in [6, 6.07) is 10.3. The summed E-state index contributed by atoms with van der Waals surface area (Å²) >= 11 is 7.26. The van der Waals surface area contributed by atoms with E-state index in [0.29, 0.717) is 16.7 Å². The fraction of sp³-hybridized carbons (Fsp3) is 0.300. The van der Waals surface area contributed by atoms with Gasteiger partial charge in [0.25, 0.3) is 5.91 Å². The molecule has 0 radical (unpaired) electrons. The Balaban J connectivity index is 1.28. The standard InChI is InChI=1S/C20H19ClN4O2S/c21-14-10-22-20(23-11-14)27-16-8-6-15(7-9-16)24-18(26)17-12-28-19(25-17)13-4-2-1-3-5-13/h1-5,10-12,15-16H,6-9H2,(H,24,26). The molecule has 4 rings (SSSR count). The third-order valence-electron chi connectivity index (χ3n) is 4.64. The summed E-state index contributed by atoms with van der Waals surface area (Å²) in [4.78, 5) is 25.1. The first kappa shape index (κ1) is 18.8. The van der Waals surface area contributed by atoms with Crippen LogP contribution < -0.4 is 10.1 Å². The van der Waals surface area contributed by atoms with Crippen LogP contribution >= 0.6 is 22.9 Å². The van der Waals surface area contributed by atoms with E-state index in [1.165, 1.54) is 23.7 Å². The number of rotatable bonds is 5. The Morgan fingerprint density at radius 3 is 2.54 bits per heavy atom. The van der Waals surface area contributed by atoms with Gasteiger partial charge in [-0.25, -0.2) is 15.0 Å². The zero-order valence-corrected chi connectivity index (χ0v) is 16.6. The minimum absolute atomic E-state index is 0.0540. The van der Waals surface area contributed by atoms with Gasteiger partial charge in [0, 0.05) is 17.0 Å². The van der Waals surface area contributed by atoms with E-state index in [2.05, 4.69) is 20.3 Å². The van der Waals surface area contributed by atoms with Crippen molar-refractivity contribution in [2.45, 2.75) is 37.8 Å². The fourth-order valence-electron chi connectivity index (χ4n) is 3.19. The minimum atomic E-state index is -0.121. The maximum Gasteiger partial charge on any atom is 0.316 e. The lowest BCUT2D eigenvalue weighted by Gasteiger charge is -2.28. The second-order valence-corrected chi connectivity index (χ2v) is 7.95. The average molecular weight is 415 g/mol. The van der Waals surface area contributed by atoms with Gasteiger partial charge in [0.2, 0.25) is 0 Å². The normalized spacial score (nSPS) is 19.2. The first-order valence-corrected chi connectivity index (χ1v) is 10.4. The number of carbonyl (C=O) groups is 1. The Hall–Kier alpha value is -2.51. The van der Waals surface area contributed by atoms with Crippen molar-refractivity contribution in [2.24, 2.45) is 0 Å². The van der Waals surface area contributed by atoms with Crippen molar-refractivity contribution in [3.05, 3.63) is 58.8 Å². The van der Waals surface area contributed by atoms with E-state index in [-0.39, 0.29) is 18.1 Å². The summed E-state index contributed by atoms with van der Waals surface area (Å²) in [5.41, 5.74) is 1.49. The molecule has 6 nitrogen and oxygen atoms in total. The zero-order valence-electron chi connectivity index (χ0n) is 15.0. The van der Waals surface area contributed by atoms with Crippen molar-refractivity contribution < 1.29 is 9.53 Å². The summed E-state index contributed by atoms with van der Waals surface area (Å²) in [5.74, 6) is -0.121. The summed E-state index contributed by atoms with van der Waals surface area (Å²) in [6.45, 7) is 0. The number of carbonyl (C=O) groups excluding carboxylic acids is 1. The van der Waals surface area contributed by atoms with Crippen molar-refractivity contribution in [3.63, 3.8) is 0 Å². The highest BCUT2D eigenvalue weighted by Crippen LogP contribution is 2.25. The van der Waals surface area contributed by atoms with Gasteiger partial charge in [-0.05, 0) is 25.7 Å². The SMILES string of the molecule is O=C(NC1CCC(Oc2ncc(Cl)cn2)CC1)c1csc(-c2ccccc2)n1. The zero-order chi connectivity index (χ0) is 19.3. The molecule has 1 aliphatic carbocycles. The van der Waals surface area contributed by atoms with Crippen LogP contribution in [0, 0.1) is 0 Å². The first-order chi connectivity index (χ1) is 13.7. The second-order valence-electron chi connectivity index (χ2n) is 6.65. The third-order valence-corrected chi connectivity index (χ3v) is 5.72. The predicted molar refractivity (Wildman–Crippen MR) is 109 cm³/mol. The summed E-state index contributed by atoms with van der Waals surface area (Å²) in [7, 11) is 0. The minimum Gasteiger partial charge on any atom is -0.460 e. The van der Waals surface area contributed by atoms with Crippen LogP contribution in [0.2, 0.25) is 5.02 Å². The molecule has 144 valence electrons. The molecule has 1 aromatic carbocycles. The summed E-state index contributed by atoms with van der Waals surface area (Å²) in [5, 5.41) is 6.24. The third kappa shape index (κ3) is 4.66. The van der Waals surface area contributed by atoms with E-state index in [9.17, 15) is 4.79 Å². The number of nitrogens with one attached hydrogen (secondary N) is 1. The van der Waals surface area contributed by atoms with Crippen LogP contribution in [0.1, 0.15) is 36.2 Å². The molecule has 1 amide bonds. The molecule has 1 fully saturated rings. The Morgan fingerprint density at radius 1 is 1.11 bits per heavy atom.